The molecule has 0 aliphatic rings. The molecule has 0 aromatic heterocycles. The number of nitro groups is 1. The Morgan fingerprint density at radius 1 is 1.23 bits per heavy atom. The second-order valence-electron chi connectivity index (χ2n) is 4.88. The van der Waals surface area contributed by atoms with E-state index < -0.39 is 4.92 Å². The third-order valence-corrected chi connectivity index (χ3v) is 3.09. The number of nitrogens with one attached hydrogen (secondary N) is 1. The zero-order valence-corrected chi connectivity index (χ0v) is 12.3. The zero-order chi connectivity index (χ0) is 16.1. The van der Waals surface area contributed by atoms with E-state index in [1.165, 1.54) is 6.07 Å². The SMILES string of the molecule is Cc1ccc([N+](=O)[O-])c(OCC(=O)Nc2ccccc2C)c1. The van der Waals surface area contributed by atoms with Crippen LogP contribution in [0.2, 0.25) is 0 Å². The maximum Gasteiger partial charge on any atom is 0.310 e. The molecule has 0 unspecified atom stereocenters. The Bertz CT molecular complexity index is 713. The summed E-state index contributed by atoms with van der Waals surface area (Å²) in [6.07, 6.45) is 0. The Labute approximate surface area is 127 Å². The summed E-state index contributed by atoms with van der Waals surface area (Å²) in [5.74, 6) is -0.282. The smallest absolute Gasteiger partial charge is 0.310 e. The van der Waals surface area contributed by atoms with E-state index in [1.54, 1.807) is 25.1 Å². The fraction of sp³-hybridized carbons (Fsp3) is 0.188. The average molecular weight is 300 g/mol. The minimum absolute atomic E-state index is 0.0879. The molecule has 22 heavy (non-hydrogen) atoms. The van der Waals surface area contributed by atoms with Crippen LogP contribution in [0.4, 0.5) is 11.4 Å². The van der Waals surface area contributed by atoms with Gasteiger partial charge in [0.1, 0.15) is 0 Å². The number of ether oxygens (including phenoxy) is 1. The number of hydrogen-bond acceptors (Lipinski definition) is 4. The Kier molecular flexibility index (Phi) is 4.73. The third-order valence-electron chi connectivity index (χ3n) is 3.09. The largest absolute Gasteiger partial charge is 0.477 e. The van der Waals surface area contributed by atoms with Crippen LogP contribution in [0, 0.1) is 24.0 Å². The molecule has 0 saturated heterocycles. The number of amides is 1. The highest BCUT2D eigenvalue weighted by Crippen LogP contribution is 2.27. The summed E-state index contributed by atoms with van der Waals surface area (Å²) < 4.78 is 5.30. The molecule has 0 aliphatic carbocycles. The maximum atomic E-state index is 11.9. The second kappa shape index (κ2) is 6.71. The van der Waals surface area contributed by atoms with E-state index in [0.29, 0.717) is 5.69 Å². The first-order chi connectivity index (χ1) is 10.5. The summed E-state index contributed by atoms with van der Waals surface area (Å²) in [5, 5.41) is 13.6. The Balaban J connectivity index is 2.04. The standard InChI is InChI=1S/C16H16N2O4/c1-11-7-8-14(18(20)21)15(9-11)22-10-16(19)17-13-6-4-3-5-12(13)2/h3-9H,10H2,1-2H3,(H,17,19). The highest BCUT2D eigenvalue weighted by Gasteiger charge is 2.16. The van der Waals surface area contributed by atoms with E-state index in [2.05, 4.69) is 5.32 Å². The van der Waals surface area contributed by atoms with Crippen molar-refractivity contribution < 1.29 is 14.5 Å². The number of anilines is 1. The van der Waals surface area contributed by atoms with Crippen LogP contribution in [0.25, 0.3) is 0 Å². The monoisotopic (exact) mass is 300 g/mol. The lowest BCUT2D eigenvalue weighted by Gasteiger charge is -2.10. The van der Waals surface area contributed by atoms with Gasteiger partial charge in [0, 0.05) is 11.8 Å². The molecule has 0 bridgehead atoms. The van der Waals surface area contributed by atoms with Crippen molar-refractivity contribution in [3.63, 3.8) is 0 Å². The molecule has 0 radical (unpaired) electrons. The summed E-state index contributed by atoms with van der Waals surface area (Å²) in [6.45, 7) is 3.38. The van der Waals surface area contributed by atoms with Crippen molar-refractivity contribution in [2.75, 3.05) is 11.9 Å². The molecule has 1 N–H and O–H groups in total. The minimum atomic E-state index is -0.534. The lowest BCUT2D eigenvalue weighted by Crippen LogP contribution is -2.20. The normalized spacial score (nSPS) is 10.1. The van der Waals surface area contributed by atoms with Gasteiger partial charge in [-0.15, -0.1) is 0 Å². The van der Waals surface area contributed by atoms with E-state index >= 15 is 0 Å². The molecule has 2 rings (SSSR count). The number of carbonyl (C=O) groups is 1. The fourth-order valence-corrected chi connectivity index (χ4v) is 1.93. The summed E-state index contributed by atoms with van der Waals surface area (Å²) >= 11 is 0. The molecule has 1 amide bonds. The molecule has 0 fully saturated rings. The molecule has 0 aliphatic heterocycles. The van der Waals surface area contributed by atoms with Gasteiger partial charge in [-0.05, 0) is 37.1 Å². The highest BCUT2D eigenvalue weighted by atomic mass is 16.6. The van der Waals surface area contributed by atoms with E-state index in [-0.39, 0.29) is 24.0 Å². The van der Waals surface area contributed by atoms with Crippen molar-refractivity contribution in [3.05, 3.63) is 63.7 Å². The van der Waals surface area contributed by atoms with Gasteiger partial charge in [0.05, 0.1) is 4.92 Å². The quantitative estimate of drug-likeness (QED) is 0.679. The van der Waals surface area contributed by atoms with Gasteiger partial charge < -0.3 is 10.1 Å². The number of nitrogens with zero attached hydrogens (tertiary/aromatic N) is 1. The van der Waals surface area contributed by atoms with Crippen LogP contribution in [0.15, 0.2) is 42.5 Å². The lowest BCUT2D eigenvalue weighted by atomic mass is 10.2. The zero-order valence-electron chi connectivity index (χ0n) is 12.3. The number of nitro benzene ring substituents is 1. The van der Waals surface area contributed by atoms with Crippen LogP contribution in [0.1, 0.15) is 11.1 Å². The van der Waals surface area contributed by atoms with Crippen molar-refractivity contribution in [2.45, 2.75) is 13.8 Å². The van der Waals surface area contributed by atoms with Crippen molar-refractivity contribution in [2.24, 2.45) is 0 Å². The van der Waals surface area contributed by atoms with Crippen LogP contribution in [-0.2, 0) is 4.79 Å². The van der Waals surface area contributed by atoms with Crippen LogP contribution in [0.5, 0.6) is 5.75 Å². The van der Waals surface area contributed by atoms with Crippen LogP contribution in [0.3, 0.4) is 0 Å². The summed E-state index contributed by atoms with van der Waals surface area (Å²) in [7, 11) is 0. The Morgan fingerprint density at radius 3 is 2.64 bits per heavy atom. The fourth-order valence-electron chi connectivity index (χ4n) is 1.93. The molecule has 2 aromatic carbocycles. The summed E-state index contributed by atoms with van der Waals surface area (Å²) in [5.41, 5.74) is 2.28. The molecular weight excluding hydrogens is 284 g/mol. The van der Waals surface area contributed by atoms with Gasteiger partial charge in [0.2, 0.25) is 0 Å². The van der Waals surface area contributed by atoms with E-state index in [9.17, 15) is 14.9 Å². The van der Waals surface area contributed by atoms with Crippen molar-refractivity contribution in [3.8, 4) is 5.75 Å². The number of rotatable bonds is 5. The number of hydrogen-bond donors (Lipinski definition) is 1. The first-order valence-corrected chi connectivity index (χ1v) is 6.70. The minimum Gasteiger partial charge on any atom is -0.477 e. The molecule has 6 heteroatoms. The van der Waals surface area contributed by atoms with Crippen molar-refractivity contribution >= 4 is 17.3 Å². The molecule has 0 saturated carbocycles. The van der Waals surface area contributed by atoms with Crippen molar-refractivity contribution in [1.82, 2.24) is 0 Å². The molecular formula is C16H16N2O4. The summed E-state index contributed by atoms with van der Waals surface area (Å²) in [6, 6.07) is 11.9. The van der Waals surface area contributed by atoms with Gasteiger partial charge in [-0.2, -0.15) is 0 Å². The van der Waals surface area contributed by atoms with Gasteiger partial charge in [-0.25, -0.2) is 0 Å². The molecule has 2 aromatic rings. The van der Waals surface area contributed by atoms with E-state index in [1.807, 2.05) is 25.1 Å². The number of benzene rings is 2. The Morgan fingerprint density at radius 2 is 1.95 bits per heavy atom. The van der Waals surface area contributed by atoms with Crippen molar-refractivity contribution in [1.29, 1.82) is 0 Å². The van der Waals surface area contributed by atoms with Gasteiger partial charge in [-0.3, -0.25) is 14.9 Å². The molecule has 0 atom stereocenters. The van der Waals surface area contributed by atoms with E-state index in [4.69, 9.17) is 4.74 Å². The second-order valence-corrected chi connectivity index (χ2v) is 4.88. The average Bonchev–Trinajstić information content (AvgIpc) is 2.47. The topological polar surface area (TPSA) is 81.5 Å². The van der Waals surface area contributed by atoms with Gasteiger partial charge in [0.25, 0.3) is 5.91 Å². The van der Waals surface area contributed by atoms with Crippen LogP contribution >= 0.6 is 0 Å². The molecule has 0 spiro atoms. The predicted molar refractivity (Wildman–Crippen MR) is 83.1 cm³/mol. The van der Waals surface area contributed by atoms with E-state index in [0.717, 1.165) is 11.1 Å². The van der Waals surface area contributed by atoms with Gasteiger partial charge >= 0.3 is 5.69 Å². The maximum absolute atomic E-state index is 11.9. The highest BCUT2D eigenvalue weighted by molar-refractivity contribution is 5.92. The first kappa shape index (κ1) is 15.5. The number of carbonyl (C=O) groups excluding carboxylic acids is 1. The number of para-hydroxylation sites is 1. The van der Waals surface area contributed by atoms with Crippen LogP contribution in [-0.4, -0.2) is 17.4 Å². The first-order valence-electron chi connectivity index (χ1n) is 6.70. The molecule has 0 heterocycles. The lowest BCUT2D eigenvalue weighted by molar-refractivity contribution is -0.385. The summed E-state index contributed by atoms with van der Waals surface area (Å²) in [4.78, 5) is 22.3. The Hall–Kier alpha value is -2.89. The predicted octanol–water partition coefficient (Wildman–Crippen LogP) is 3.23. The van der Waals surface area contributed by atoms with Gasteiger partial charge in [0.15, 0.2) is 12.4 Å². The molecule has 6 nitrogen and oxygen atoms in total. The van der Waals surface area contributed by atoms with Crippen LogP contribution < -0.4 is 10.1 Å². The van der Waals surface area contributed by atoms with Gasteiger partial charge in [-0.1, -0.05) is 24.3 Å². The number of aryl methyl sites for hydroxylation is 2. The third kappa shape index (κ3) is 3.82. The molecule has 114 valence electrons.